The monoisotopic (exact) mass is 290 g/mol. The van der Waals surface area contributed by atoms with Gasteiger partial charge in [0, 0.05) is 0 Å². The Hall–Kier alpha value is -0.860. The summed E-state index contributed by atoms with van der Waals surface area (Å²) in [6.07, 6.45) is 4.28. The molecule has 1 N–H and O–H groups in total. The lowest BCUT2D eigenvalue weighted by Gasteiger charge is -2.39. The summed E-state index contributed by atoms with van der Waals surface area (Å²) in [5.74, 6) is 0.708. The van der Waals surface area contributed by atoms with Gasteiger partial charge in [-0.2, -0.15) is 0 Å². The number of aryl methyl sites for hydroxylation is 1. The maximum Gasteiger partial charge on any atom is 0.102 e. The van der Waals surface area contributed by atoms with E-state index in [1.165, 1.54) is 12.0 Å². The van der Waals surface area contributed by atoms with Crippen LogP contribution in [0.4, 0.5) is 0 Å². The third-order valence-corrected chi connectivity index (χ3v) is 4.61. The van der Waals surface area contributed by atoms with Gasteiger partial charge in [0.1, 0.15) is 6.10 Å². The summed E-state index contributed by atoms with van der Waals surface area (Å²) in [6.45, 7) is 9.48. The van der Waals surface area contributed by atoms with Crippen LogP contribution in [0.15, 0.2) is 24.3 Å². The minimum absolute atomic E-state index is 0.285. The van der Waals surface area contributed by atoms with Crippen LogP contribution in [0, 0.1) is 11.3 Å². The van der Waals surface area contributed by atoms with Crippen LogP contribution in [-0.4, -0.2) is 17.8 Å². The predicted molar refractivity (Wildman–Crippen MR) is 87.3 cm³/mol. The van der Waals surface area contributed by atoms with Gasteiger partial charge in [0.05, 0.1) is 12.7 Å². The van der Waals surface area contributed by atoms with E-state index < -0.39 is 6.10 Å². The predicted octanol–water partition coefficient (Wildman–Crippen LogP) is 4.51. The van der Waals surface area contributed by atoms with Gasteiger partial charge in [-0.25, -0.2) is 0 Å². The van der Waals surface area contributed by atoms with Crippen LogP contribution in [0.25, 0.3) is 0 Å². The molecule has 1 saturated carbocycles. The van der Waals surface area contributed by atoms with Crippen molar-refractivity contribution in [2.24, 2.45) is 11.3 Å². The van der Waals surface area contributed by atoms with Crippen LogP contribution < -0.4 is 0 Å². The van der Waals surface area contributed by atoms with Crippen LogP contribution in [-0.2, 0) is 11.2 Å². The van der Waals surface area contributed by atoms with Crippen molar-refractivity contribution in [3.05, 3.63) is 35.4 Å². The second-order valence-electron chi connectivity index (χ2n) is 7.48. The molecule has 0 saturated heterocycles. The molecular weight excluding hydrogens is 260 g/mol. The summed E-state index contributed by atoms with van der Waals surface area (Å²) in [6, 6.07) is 8.20. The largest absolute Gasteiger partial charge is 0.386 e. The fraction of sp³-hybridized carbons (Fsp3) is 0.684. The Morgan fingerprint density at radius 3 is 2.48 bits per heavy atom. The fourth-order valence-corrected chi connectivity index (χ4v) is 3.68. The molecule has 118 valence electrons. The zero-order valence-electron chi connectivity index (χ0n) is 13.9. The van der Waals surface area contributed by atoms with Crippen LogP contribution in [0.5, 0.6) is 0 Å². The molecule has 0 heterocycles. The SMILES string of the molecule is CCc1ccc(C(O)COC2CC(C)CC(C)(C)C2)cc1. The van der Waals surface area contributed by atoms with Gasteiger partial charge in [-0.15, -0.1) is 0 Å². The number of aliphatic hydroxyl groups is 1. The average Bonchev–Trinajstić information content (AvgIpc) is 2.43. The topological polar surface area (TPSA) is 29.5 Å². The highest BCUT2D eigenvalue weighted by Gasteiger charge is 2.32. The van der Waals surface area contributed by atoms with Crippen molar-refractivity contribution >= 4 is 0 Å². The summed E-state index contributed by atoms with van der Waals surface area (Å²) in [5, 5.41) is 10.3. The molecular formula is C19H30O2. The van der Waals surface area contributed by atoms with Crippen LogP contribution in [0.3, 0.4) is 0 Å². The highest BCUT2D eigenvalue weighted by molar-refractivity contribution is 5.24. The van der Waals surface area contributed by atoms with Gasteiger partial charge >= 0.3 is 0 Å². The average molecular weight is 290 g/mol. The molecule has 0 aromatic heterocycles. The van der Waals surface area contributed by atoms with Crippen molar-refractivity contribution < 1.29 is 9.84 Å². The lowest BCUT2D eigenvalue weighted by molar-refractivity contribution is -0.0564. The van der Waals surface area contributed by atoms with Crippen molar-refractivity contribution in [1.29, 1.82) is 0 Å². The summed E-state index contributed by atoms with van der Waals surface area (Å²) in [4.78, 5) is 0. The number of hydrogen-bond acceptors (Lipinski definition) is 2. The molecule has 1 aromatic rings. The van der Waals surface area contributed by atoms with Gasteiger partial charge in [-0.05, 0) is 48.1 Å². The lowest BCUT2D eigenvalue weighted by Crippen LogP contribution is -2.33. The summed E-state index contributed by atoms with van der Waals surface area (Å²) < 4.78 is 6.01. The molecule has 1 fully saturated rings. The fourth-order valence-electron chi connectivity index (χ4n) is 3.68. The zero-order chi connectivity index (χ0) is 15.5. The molecule has 0 bridgehead atoms. The Bertz CT molecular complexity index is 435. The first kappa shape index (κ1) is 16.5. The highest BCUT2D eigenvalue weighted by Crippen LogP contribution is 2.39. The number of aliphatic hydroxyl groups excluding tert-OH is 1. The standard InChI is InChI=1S/C19H30O2/c1-5-15-6-8-16(9-7-15)18(20)13-21-17-10-14(2)11-19(3,4)12-17/h6-9,14,17-18,20H,5,10-13H2,1-4H3. The number of benzene rings is 1. The third kappa shape index (κ3) is 4.82. The van der Waals surface area contributed by atoms with Gasteiger partial charge in [0.15, 0.2) is 0 Å². The molecule has 2 heteroatoms. The van der Waals surface area contributed by atoms with E-state index >= 15 is 0 Å². The van der Waals surface area contributed by atoms with Crippen molar-refractivity contribution in [2.75, 3.05) is 6.61 Å². The maximum absolute atomic E-state index is 10.3. The molecule has 1 aromatic carbocycles. The number of hydrogen-bond donors (Lipinski definition) is 1. The molecule has 3 atom stereocenters. The van der Waals surface area contributed by atoms with Crippen molar-refractivity contribution in [1.82, 2.24) is 0 Å². The third-order valence-electron chi connectivity index (χ3n) is 4.61. The first-order valence-electron chi connectivity index (χ1n) is 8.28. The summed E-state index contributed by atoms with van der Waals surface area (Å²) in [5.41, 5.74) is 2.61. The lowest BCUT2D eigenvalue weighted by atomic mass is 9.71. The molecule has 0 spiro atoms. The molecule has 0 aliphatic heterocycles. The molecule has 3 unspecified atom stereocenters. The van der Waals surface area contributed by atoms with E-state index in [2.05, 4.69) is 39.8 Å². The number of ether oxygens (including phenoxy) is 1. The Balaban J connectivity index is 1.86. The molecule has 2 rings (SSSR count). The normalized spacial score (nSPS) is 26.5. The molecule has 0 amide bonds. The van der Waals surface area contributed by atoms with E-state index in [1.807, 2.05) is 12.1 Å². The second-order valence-corrected chi connectivity index (χ2v) is 7.48. The van der Waals surface area contributed by atoms with Crippen molar-refractivity contribution in [3.63, 3.8) is 0 Å². The second kappa shape index (κ2) is 6.93. The van der Waals surface area contributed by atoms with Crippen molar-refractivity contribution in [2.45, 2.75) is 65.6 Å². The minimum Gasteiger partial charge on any atom is -0.386 e. The maximum atomic E-state index is 10.3. The van der Waals surface area contributed by atoms with Crippen molar-refractivity contribution in [3.8, 4) is 0 Å². The molecule has 1 aliphatic carbocycles. The Morgan fingerprint density at radius 1 is 1.24 bits per heavy atom. The van der Waals surface area contributed by atoms with Gasteiger partial charge in [-0.3, -0.25) is 0 Å². The van der Waals surface area contributed by atoms with E-state index in [0.717, 1.165) is 24.8 Å². The van der Waals surface area contributed by atoms with Crippen LogP contribution in [0.1, 0.15) is 64.2 Å². The van der Waals surface area contributed by atoms with E-state index in [0.29, 0.717) is 17.9 Å². The first-order valence-corrected chi connectivity index (χ1v) is 8.28. The van der Waals surface area contributed by atoms with E-state index in [4.69, 9.17) is 4.74 Å². The number of rotatable bonds is 5. The smallest absolute Gasteiger partial charge is 0.102 e. The Kier molecular flexibility index (Phi) is 5.45. The quantitative estimate of drug-likeness (QED) is 0.864. The molecule has 2 nitrogen and oxygen atoms in total. The van der Waals surface area contributed by atoms with Crippen LogP contribution in [0.2, 0.25) is 0 Å². The zero-order valence-corrected chi connectivity index (χ0v) is 13.9. The van der Waals surface area contributed by atoms with Crippen LogP contribution >= 0.6 is 0 Å². The van der Waals surface area contributed by atoms with Gasteiger partial charge in [0.2, 0.25) is 0 Å². The highest BCUT2D eigenvalue weighted by atomic mass is 16.5. The molecule has 1 aliphatic rings. The Morgan fingerprint density at radius 2 is 1.90 bits per heavy atom. The summed E-state index contributed by atoms with van der Waals surface area (Å²) in [7, 11) is 0. The van der Waals surface area contributed by atoms with E-state index in [9.17, 15) is 5.11 Å². The molecule has 0 radical (unpaired) electrons. The first-order chi connectivity index (χ1) is 9.89. The van der Waals surface area contributed by atoms with Gasteiger partial charge in [-0.1, -0.05) is 52.0 Å². The summed E-state index contributed by atoms with van der Waals surface area (Å²) >= 11 is 0. The Labute approximate surface area is 129 Å². The van der Waals surface area contributed by atoms with Gasteiger partial charge in [0.25, 0.3) is 0 Å². The minimum atomic E-state index is -0.517. The van der Waals surface area contributed by atoms with Gasteiger partial charge < -0.3 is 9.84 Å². The molecule has 21 heavy (non-hydrogen) atoms. The van der Waals surface area contributed by atoms with E-state index in [1.54, 1.807) is 0 Å². The van der Waals surface area contributed by atoms with E-state index in [-0.39, 0.29) is 6.10 Å².